The van der Waals surface area contributed by atoms with Crippen molar-refractivity contribution in [1.82, 2.24) is 0 Å². The lowest BCUT2D eigenvalue weighted by Crippen LogP contribution is -1.75. The van der Waals surface area contributed by atoms with Crippen LogP contribution in [-0.2, 0) is 0 Å². The minimum absolute atomic E-state index is 0.532. The fourth-order valence-electron chi connectivity index (χ4n) is 0.722. The average molecular weight is 239 g/mol. The van der Waals surface area contributed by atoms with E-state index in [2.05, 4.69) is 15.9 Å². The van der Waals surface area contributed by atoms with Gasteiger partial charge in [-0.15, -0.1) is 0 Å². The van der Waals surface area contributed by atoms with Crippen LogP contribution in [0, 0.1) is 17.2 Å². The Kier molecular flexibility index (Phi) is 3.39. The molecule has 3 heteroatoms. The van der Waals surface area contributed by atoms with Gasteiger partial charge in [-0.25, -0.2) is 0 Å². The molecule has 0 saturated carbocycles. The van der Waals surface area contributed by atoms with Crippen LogP contribution < -0.4 is 0 Å². The van der Waals surface area contributed by atoms with Crippen molar-refractivity contribution >= 4 is 32.6 Å². The third kappa shape index (κ3) is 2.40. The van der Waals surface area contributed by atoms with E-state index in [-0.39, 0.29) is 0 Å². The molecule has 0 saturated heterocycles. The van der Waals surface area contributed by atoms with Gasteiger partial charge < -0.3 is 0 Å². The van der Waals surface area contributed by atoms with Crippen LogP contribution in [0.1, 0.15) is 5.56 Å². The van der Waals surface area contributed by atoms with E-state index in [1.165, 1.54) is 0 Å². The normalized spacial score (nSPS) is 9.00. The smallest absolute Gasteiger partial charge is 0.138 e. The van der Waals surface area contributed by atoms with Gasteiger partial charge in [-0.3, -0.25) is 0 Å². The van der Waals surface area contributed by atoms with Gasteiger partial charge in [-0.05, 0) is 36.0 Å². The number of thioether (sulfide) groups is 1. The summed E-state index contributed by atoms with van der Waals surface area (Å²) < 4.78 is 1.00. The Hall–Kier alpha value is -0.720. The minimum atomic E-state index is 0.532. The molecule has 0 aromatic heterocycles. The standard InChI is InChI=1S/C9H5BrNS/c1-7(12-6-11)8-2-4-9(10)5-3-8/h1-5H. The molecular formula is C9H5BrNS. The first-order valence-corrected chi connectivity index (χ1v) is 4.79. The summed E-state index contributed by atoms with van der Waals surface area (Å²) in [7, 11) is 0. The van der Waals surface area contributed by atoms with Gasteiger partial charge in [0.25, 0.3) is 0 Å². The van der Waals surface area contributed by atoms with Crippen molar-refractivity contribution in [2.75, 3.05) is 0 Å². The van der Waals surface area contributed by atoms with E-state index in [0.717, 1.165) is 21.8 Å². The van der Waals surface area contributed by atoms with E-state index in [1.807, 2.05) is 29.7 Å². The second-order valence-corrected chi connectivity index (χ2v) is 3.81. The maximum absolute atomic E-state index is 8.36. The fraction of sp³-hybridized carbons (Fsp3) is 0. The Morgan fingerprint density at radius 3 is 2.50 bits per heavy atom. The highest BCUT2D eigenvalue weighted by molar-refractivity contribution is 9.10. The lowest BCUT2D eigenvalue weighted by atomic mass is 10.2. The zero-order chi connectivity index (χ0) is 8.97. The van der Waals surface area contributed by atoms with E-state index in [0.29, 0.717) is 4.91 Å². The van der Waals surface area contributed by atoms with Crippen LogP contribution in [0.25, 0.3) is 4.91 Å². The van der Waals surface area contributed by atoms with Gasteiger partial charge in [0.2, 0.25) is 0 Å². The predicted molar refractivity (Wildman–Crippen MR) is 55.1 cm³/mol. The monoisotopic (exact) mass is 238 g/mol. The van der Waals surface area contributed by atoms with Crippen LogP contribution >= 0.6 is 27.7 Å². The van der Waals surface area contributed by atoms with Gasteiger partial charge in [0.1, 0.15) is 5.40 Å². The summed E-state index contributed by atoms with van der Waals surface area (Å²) in [6, 6.07) is 7.51. The Morgan fingerprint density at radius 2 is 2.00 bits per heavy atom. The molecule has 0 spiro atoms. The molecule has 1 nitrogen and oxygen atoms in total. The highest BCUT2D eigenvalue weighted by Crippen LogP contribution is 2.24. The highest BCUT2D eigenvalue weighted by atomic mass is 79.9. The molecule has 0 unspecified atom stereocenters. The van der Waals surface area contributed by atoms with Crippen molar-refractivity contribution < 1.29 is 0 Å². The third-order valence-electron chi connectivity index (χ3n) is 1.28. The third-order valence-corrected chi connectivity index (χ3v) is 2.36. The van der Waals surface area contributed by atoms with Crippen molar-refractivity contribution in [3.8, 4) is 5.40 Å². The Labute approximate surface area is 84.2 Å². The van der Waals surface area contributed by atoms with Gasteiger partial charge in [0.05, 0.1) is 0 Å². The summed E-state index contributed by atoms with van der Waals surface area (Å²) in [5, 5.41) is 10.3. The SMILES string of the molecule is [CH]=C(SC#N)c1ccc(Br)cc1. The molecule has 1 aromatic rings. The Bertz CT molecular complexity index is 323. The van der Waals surface area contributed by atoms with Crippen molar-refractivity contribution in [3.05, 3.63) is 40.9 Å². The first kappa shape index (κ1) is 9.37. The number of benzene rings is 1. The molecular weight excluding hydrogens is 234 g/mol. The molecule has 1 rings (SSSR count). The van der Waals surface area contributed by atoms with Crippen LogP contribution in [0.2, 0.25) is 0 Å². The van der Waals surface area contributed by atoms with Crippen molar-refractivity contribution in [1.29, 1.82) is 5.26 Å². The van der Waals surface area contributed by atoms with Gasteiger partial charge in [0, 0.05) is 9.38 Å². The molecule has 0 atom stereocenters. The largest absolute Gasteiger partial charge is 0.185 e. The zero-order valence-corrected chi connectivity index (χ0v) is 8.52. The van der Waals surface area contributed by atoms with Crippen molar-refractivity contribution in [3.63, 3.8) is 0 Å². The number of hydrogen-bond acceptors (Lipinski definition) is 2. The van der Waals surface area contributed by atoms with E-state index >= 15 is 0 Å². The topological polar surface area (TPSA) is 23.8 Å². The molecule has 0 aliphatic carbocycles. The van der Waals surface area contributed by atoms with E-state index < -0.39 is 0 Å². The molecule has 59 valence electrons. The molecule has 0 aliphatic heterocycles. The quantitative estimate of drug-likeness (QED) is 0.738. The van der Waals surface area contributed by atoms with Crippen LogP contribution in [0.15, 0.2) is 28.7 Å². The molecule has 0 heterocycles. The summed E-state index contributed by atoms with van der Waals surface area (Å²) in [4.78, 5) is 0.532. The number of halogens is 1. The Balaban J connectivity index is 2.84. The lowest BCUT2D eigenvalue weighted by Gasteiger charge is -1.98. The fourth-order valence-corrected chi connectivity index (χ4v) is 1.34. The van der Waals surface area contributed by atoms with Gasteiger partial charge >= 0.3 is 0 Å². The number of rotatable bonds is 2. The van der Waals surface area contributed by atoms with E-state index in [4.69, 9.17) is 11.8 Å². The number of nitriles is 1. The van der Waals surface area contributed by atoms with Crippen molar-refractivity contribution in [2.24, 2.45) is 0 Å². The molecule has 1 aromatic carbocycles. The summed E-state index contributed by atoms with van der Waals surface area (Å²) in [5.74, 6) is 0. The number of nitrogens with zero attached hydrogens (tertiary/aromatic N) is 1. The molecule has 0 N–H and O–H groups in total. The van der Waals surface area contributed by atoms with E-state index in [1.54, 1.807) is 0 Å². The predicted octanol–water partition coefficient (Wildman–Crippen LogP) is 3.44. The number of hydrogen-bond donors (Lipinski definition) is 0. The van der Waals surface area contributed by atoms with Crippen LogP contribution in [0.4, 0.5) is 0 Å². The highest BCUT2D eigenvalue weighted by Gasteiger charge is 1.97. The molecule has 0 amide bonds. The van der Waals surface area contributed by atoms with Gasteiger partial charge in [-0.2, -0.15) is 5.26 Å². The number of thiocyanates is 1. The average Bonchev–Trinajstić information content (AvgIpc) is 2.06. The van der Waals surface area contributed by atoms with Crippen LogP contribution in [-0.4, -0.2) is 0 Å². The zero-order valence-electron chi connectivity index (χ0n) is 6.12. The summed E-state index contributed by atoms with van der Waals surface area (Å²) in [6.45, 7) is 5.60. The second-order valence-electron chi connectivity index (χ2n) is 2.06. The first-order valence-electron chi connectivity index (χ1n) is 3.18. The minimum Gasteiger partial charge on any atom is -0.185 e. The van der Waals surface area contributed by atoms with E-state index in [9.17, 15) is 0 Å². The molecule has 0 aliphatic rings. The maximum Gasteiger partial charge on any atom is 0.138 e. The summed E-state index contributed by atoms with van der Waals surface area (Å²) in [5.41, 5.74) is 0.879. The van der Waals surface area contributed by atoms with Crippen LogP contribution in [0.5, 0.6) is 0 Å². The Morgan fingerprint density at radius 1 is 1.42 bits per heavy atom. The summed E-state index contributed by atoms with van der Waals surface area (Å²) >= 11 is 4.29. The van der Waals surface area contributed by atoms with Crippen molar-refractivity contribution in [2.45, 2.75) is 0 Å². The van der Waals surface area contributed by atoms with Crippen LogP contribution in [0.3, 0.4) is 0 Å². The first-order chi connectivity index (χ1) is 5.74. The maximum atomic E-state index is 8.36. The molecule has 0 fully saturated rings. The molecule has 12 heavy (non-hydrogen) atoms. The molecule has 1 radical (unpaired) electrons. The lowest BCUT2D eigenvalue weighted by molar-refractivity contribution is 1.57. The van der Waals surface area contributed by atoms with Gasteiger partial charge in [0.15, 0.2) is 0 Å². The second kappa shape index (κ2) is 4.34. The van der Waals surface area contributed by atoms with Gasteiger partial charge in [-0.1, -0.05) is 28.1 Å². The molecule has 0 bridgehead atoms. The summed E-state index contributed by atoms with van der Waals surface area (Å²) in [6.07, 6.45) is 0.